The van der Waals surface area contributed by atoms with Crippen LogP contribution in [0, 0.1) is 26.6 Å². The molecule has 162 valence electrons. The molecule has 0 aliphatic heterocycles. The molecule has 2 rings (SSSR count). The van der Waals surface area contributed by atoms with Gasteiger partial charge in [0, 0.05) is 18.4 Å². The summed E-state index contributed by atoms with van der Waals surface area (Å²) in [4.78, 5) is 36.1. The minimum atomic E-state index is -1.77. The Balaban J connectivity index is 2.33. The van der Waals surface area contributed by atoms with Gasteiger partial charge in [-0.25, -0.2) is 9.18 Å². The van der Waals surface area contributed by atoms with Gasteiger partial charge in [-0.05, 0) is 50.1 Å². The van der Waals surface area contributed by atoms with E-state index in [0.29, 0.717) is 22.5 Å². The number of hydrogen-bond acceptors (Lipinski definition) is 5. The van der Waals surface area contributed by atoms with Crippen LogP contribution in [0.5, 0.6) is 0 Å². The second-order valence-electron chi connectivity index (χ2n) is 6.93. The maximum absolute atomic E-state index is 13.4. The number of aryl methyl sites for hydroxylation is 1. The van der Waals surface area contributed by atoms with Crippen molar-refractivity contribution in [2.45, 2.75) is 32.9 Å². The predicted octanol–water partition coefficient (Wildman–Crippen LogP) is 0.937. The van der Waals surface area contributed by atoms with Crippen LogP contribution in [0.3, 0.4) is 0 Å². The van der Waals surface area contributed by atoms with Gasteiger partial charge in [-0.15, -0.1) is 0 Å². The number of carboxylic acid groups (broad SMARTS) is 1. The van der Waals surface area contributed by atoms with Crippen molar-refractivity contribution in [2.24, 2.45) is 7.05 Å². The van der Waals surface area contributed by atoms with E-state index in [1.54, 1.807) is 27.8 Å². The fraction of sp³-hybridized carbons (Fsp3) is 0.350. The first-order valence-corrected chi connectivity index (χ1v) is 9.04. The smallest absolute Gasteiger partial charge is 0.328 e. The van der Waals surface area contributed by atoms with Gasteiger partial charge in [0.05, 0.1) is 17.9 Å². The van der Waals surface area contributed by atoms with Gasteiger partial charge < -0.3 is 30.5 Å². The molecule has 1 aromatic heterocycles. The second kappa shape index (κ2) is 9.06. The van der Waals surface area contributed by atoms with Crippen molar-refractivity contribution in [2.75, 3.05) is 11.9 Å². The molecule has 2 atom stereocenters. The van der Waals surface area contributed by atoms with Gasteiger partial charge in [0.1, 0.15) is 11.9 Å². The molecule has 0 saturated carbocycles. The van der Waals surface area contributed by atoms with Gasteiger partial charge in [-0.2, -0.15) is 0 Å². The molecule has 0 bridgehead atoms. The highest BCUT2D eigenvalue weighted by Gasteiger charge is 2.31. The lowest BCUT2D eigenvalue weighted by atomic mass is 10.1. The van der Waals surface area contributed by atoms with Crippen LogP contribution >= 0.6 is 0 Å². The number of carboxylic acids is 1. The largest absolute Gasteiger partial charge is 0.480 e. The number of benzene rings is 1. The molecule has 0 aliphatic carbocycles. The molecule has 5 N–H and O–H groups in total. The molecule has 1 unspecified atom stereocenters. The van der Waals surface area contributed by atoms with Crippen molar-refractivity contribution in [1.29, 1.82) is 0 Å². The molecule has 0 aliphatic rings. The number of anilines is 1. The van der Waals surface area contributed by atoms with E-state index < -0.39 is 42.4 Å². The van der Waals surface area contributed by atoms with E-state index in [1.165, 1.54) is 22.8 Å². The fourth-order valence-electron chi connectivity index (χ4n) is 3.20. The third-order valence-corrected chi connectivity index (χ3v) is 4.93. The van der Waals surface area contributed by atoms with Gasteiger partial charge in [-0.1, -0.05) is 0 Å². The number of halogens is 1. The monoisotopic (exact) mass is 421 g/mol. The van der Waals surface area contributed by atoms with Crippen molar-refractivity contribution in [3.8, 4) is 0 Å². The first-order chi connectivity index (χ1) is 14.0. The summed E-state index contributed by atoms with van der Waals surface area (Å²) in [5.41, 5.74) is 1.85. The Labute approximate surface area is 172 Å². The molecule has 0 spiro atoms. The van der Waals surface area contributed by atoms with Crippen molar-refractivity contribution >= 4 is 23.5 Å². The van der Waals surface area contributed by atoms with Gasteiger partial charge >= 0.3 is 5.97 Å². The Morgan fingerprint density at radius 1 is 1.20 bits per heavy atom. The standard InChI is InChI=1S/C20H24FN3O6/c1-9-7-12(5-6-13(9)21)22-18(27)15-10(2)16(24(4)11(15)3)17(26)19(28)23-14(8-25)20(29)30/h5-7,14,17,25-26H,8H2,1-4H3,(H,22,27)(H,23,28)(H,29,30)/t14-,17?/m1/s1. The highest BCUT2D eigenvalue weighted by atomic mass is 19.1. The molecule has 0 saturated heterocycles. The molecule has 9 nitrogen and oxygen atoms in total. The van der Waals surface area contributed by atoms with E-state index >= 15 is 0 Å². The van der Waals surface area contributed by atoms with Crippen LogP contribution in [0.2, 0.25) is 0 Å². The molecule has 1 heterocycles. The molecule has 10 heteroatoms. The summed E-state index contributed by atoms with van der Waals surface area (Å²) in [6, 6.07) is 2.55. The summed E-state index contributed by atoms with van der Waals surface area (Å²) in [5.74, 6) is -3.39. The summed E-state index contributed by atoms with van der Waals surface area (Å²) >= 11 is 0. The van der Waals surface area contributed by atoms with E-state index in [2.05, 4.69) is 5.32 Å². The number of nitrogens with one attached hydrogen (secondary N) is 2. The number of carbonyl (C=O) groups excluding carboxylic acids is 2. The number of aliphatic hydroxyl groups excluding tert-OH is 2. The number of nitrogens with zero attached hydrogens (tertiary/aromatic N) is 1. The third kappa shape index (κ3) is 4.50. The van der Waals surface area contributed by atoms with Crippen LogP contribution in [0.25, 0.3) is 0 Å². The number of hydrogen-bond donors (Lipinski definition) is 5. The van der Waals surface area contributed by atoms with Crippen LogP contribution in [0.4, 0.5) is 10.1 Å². The van der Waals surface area contributed by atoms with Crippen molar-refractivity contribution in [3.05, 3.63) is 52.1 Å². The summed E-state index contributed by atoms with van der Waals surface area (Å²) in [6.45, 7) is 3.89. The van der Waals surface area contributed by atoms with Crippen molar-refractivity contribution in [1.82, 2.24) is 9.88 Å². The van der Waals surface area contributed by atoms with Crippen LogP contribution in [-0.4, -0.2) is 50.3 Å². The Bertz CT molecular complexity index is 1000. The fourth-order valence-corrected chi connectivity index (χ4v) is 3.20. The van der Waals surface area contributed by atoms with Gasteiger partial charge in [0.25, 0.3) is 11.8 Å². The minimum absolute atomic E-state index is 0.104. The summed E-state index contributed by atoms with van der Waals surface area (Å²) in [7, 11) is 1.55. The average Bonchev–Trinajstić information content (AvgIpc) is 2.90. The quantitative estimate of drug-likeness (QED) is 0.451. The van der Waals surface area contributed by atoms with E-state index in [1.807, 2.05) is 5.32 Å². The Kier molecular flexibility index (Phi) is 6.96. The maximum atomic E-state index is 13.4. The number of aliphatic hydroxyl groups is 2. The highest BCUT2D eigenvalue weighted by Crippen LogP contribution is 2.27. The number of carbonyl (C=O) groups is 3. The lowest BCUT2D eigenvalue weighted by molar-refractivity contribution is -0.144. The summed E-state index contributed by atoms with van der Waals surface area (Å²) < 4.78 is 14.9. The minimum Gasteiger partial charge on any atom is -0.480 e. The zero-order chi connectivity index (χ0) is 22.7. The molecular formula is C20H24FN3O6. The molecule has 2 amide bonds. The number of amides is 2. The SMILES string of the molecule is Cc1cc(NC(=O)c2c(C)c(C(O)C(=O)N[C@H](CO)C(=O)O)n(C)c2C)ccc1F. The molecule has 1 aromatic carbocycles. The molecule has 0 radical (unpaired) electrons. The maximum Gasteiger partial charge on any atom is 0.328 e. The second-order valence-corrected chi connectivity index (χ2v) is 6.93. The molecule has 30 heavy (non-hydrogen) atoms. The van der Waals surface area contributed by atoms with Crippen LogP contribution < -0.4 is 10.6 Å². The zero-order valence-corrected chi connectivity index (χ0v) is 17.0. The lowest BCUT2D eigenvalue weighted by Crippen LogP contribution is -2.45. The van der Waals surface area contributed by atoms with Crippen LogP contribution in [0.15, 0.2) is 18.2 Å². The Morgan fingerprint density at radius 2 is 1.83 bits per heavy atom. The lowest BCUT2D eigenvalue weighted by Gasteiger charge is -2.17. The molecule has 2 aromatic rings. The van der Waals surface area contributed by atoms with Crippen LogP contribution in [0.1, 0.15) is 39.0 Å². The molecule has 0 fully saturated rings. The zero-order valence-electron chi connectivity index (χ0n) is 17.0. The van der Waals surface area contributed by atoms with E-state index in [0.717, 1.165) is 0 Å². The van der Waals surface area contributed by atoms with Gasteiger partial charge in [0.2, 0.25) is 0 Å². The van der Waals surface area contributed by atoms with Gasteiger partial charge in [0.15, 0.2) is 6.10 Å². The van der Waals surface area contributed by atoms with E-state index in [4.69, 9.17) is 10.2 Å². The third-order valence-electron chi connectivity index (χ3n) is 4.93. The highest BCUT2D eigenvalue weighted by molar-refractivity contribution is 6.06. The first-order valence-electron chi connectivity index (χ1n) is 9.04. The topological polar surface area (TPSA) is 141 Å². The Hall–Kier alpha value is -3.24. The Morgan fingerprint density at radius 3 is 2.37 bits per heavy atom. The van der Waals surface area contributed by atoms with Crippen molar-refractivity contribution in [3.63, 3.8) is 0 Å². The summed E-state index contributed by atoms with van der Waals surface area (Å²) in [5, 5.41) is 33.2. The van der Waals surface area contributed by atoms with Crippen molar-refractivity contribution < 1.29 is 34.1 Å². The number of aromatic nitrogens is 1. The number of aliphatic carboxylic acids is 1. The van der Waals surface area contributed by atoms with Gasteiger partial charge in [-0.3, -0.25) is 9.59 Å². The van der Waals surface area contributed by atoms with E-state index in [-0.39, 0.29) is 11.3 Å². The van der Waals surface area contributed by atoms with Crippen LogP contribution in [-0.2, 0) is 16.6 Å². The summed E-state index contributed by atoms with van der Waals surface area (Å²) in [6.07, 6.45) is -1.77. The number of rotatable bonds is 7. The normalized spacial score (nSPS) is 12.9. The predicted molar refractivity (Wildman–Crippen MR) is 106 cm³/mol. The van der Waals surface area contributed by atoms with E-state index in [9.17, 15) is 23.9 Å². The molecular weight excluding hydrogens is 397 g/mol. The first kappa shape index (κ1) is 23.0. The average molecular weight is 421 g/mol.